The number of ketones is 1. The third-order valence-corrected chi connectivity index (χ3v) is 5.35. The predicted molar refractivity (Wildman–Crippen MR) is 121 cm³/mol. The molecule has 1 atom stereocenters. The summed E-state index contributed by atoms with van der Waals surface area (Å²) in [5, 5.41) is 10.8. The van der Waals surface area contributed by atoms with Crippen molar-refractivity contribution in [1.82, 2.24) is 4.90 Å². The lowest BCUT2D eigenvalue weighted by atomic mass is 9.94. The van der Waals surface area contributed by atoms with Crippen molar-refractivity contribution in [3.8, 4) is 11.5 Å². The van der Waals surface area contributed by atoms with Gasteiger partial charge in [-0.1, -0.05) is 24.3 Å². The molecule has 1 unspecified atom stereocenters. The molecule has 3 aromatic rings. The topological polar surface area (TPSA) is 89.2 Å². The van der Waals surface area contributed by atoms with Crippen molar-refractivity contribution in [3.63, 3.8) is 0 Å². The molecule has 2 heterocycles. The minimum Gasteiger partial charge on any atom is -0.503 e. The number of carbonyl (C=O) groups is 2. The summed E-state index contributed by atoms with van der Waals surface area (Å²) in [7, 11) is 1.54. The van der Waals surface area contributed by atoms with Gasteiger partial charge in [0, 0.05) is 6.54 Å². The lowest BCUT2D eigenvalue weighted by molar-refractivity contribution is -0.130. The van der Waals surface area contributed by atoms with Crippen LogP contribution in [0.15, 0.2) is 82.7 Å². The summed E-state index contributed by atoms with van der Waals surface area (Å²) in [5.41, 5.74) is 1.44. The van der Waals surface area contributed by atoms with Gasteiger partial charge in [-0.25, -0.2) is 0 Å². The number of rotatable bonds is 8. The number of ether oxygens (including phenoxy) is 2. The predicted octanol–water partition coefficient (Wildman–Crippen LogP) is 4.85. The first kappa shape index (κ1) is 22.2. The summed E-state index contributed by atoms with van der Waals surface area (Å²) < 4.78 is 16.3. The van der Waals surface area contributed by atoms with Crippen LogP contribution in [0.25, 0.3) is 0 Å². The Morgan fingerprint density at radius 2 is 1.85 bits per heavy atom. The van der Waals surface area contributed by atoms with Crippen LogP contribution >= 0.6 is 0 Å². The molecular formula is C26H25NO6. The zero-order valence-corrected chi connectivity index (χ0v) is 18.6. The number of furan rings is 1. The zero-order valence-electron chi connectivity index (χ0n) is 18.6. The summed E-state index contributed by atoms with van der Waals surface area (Å²) in [6, 6.07) is 16.8. The van der Waals surface area contributed by atoms with Crippen LogP contribution in [0.2, 0.25) is 0 Å². The average molecular weight is 447 g/mol. The van der Waals surface area contributed by atoms with Crippen LogP contribution in [0, 0.1) is 0 Å². The molecule has 0 aliphatic carbocycles. The fraction of sp³-hybridized carbons (Fsp3) is 0.231. The molecule has 1 aromatic heterocycles. The van der Waals surface area contributed by atoms with E-state index in [9.17, 15) is 14.7 Å². The number of aliphatic hydroxyl groups excluding tert-OH is 1. The fourth-order valence-corrected chi connectivity index (χ4v) is 3.89. The maximum atomic E-state index is 13.2. The number of hydrogen-bond donors (Lipinski definition) is 1. The molecule has 0 spiro atoms. The molecule has 4 rings (SSSR count). The van der Waals surface area contributed by atoms with Crippen molar-refractivity contribution in [1.29, 1.82) is 0 Å². The third kappa shape index (κ3) is 4.48. The summed E-state index contributed by atoms with van der Waals surface area (Å²) in [6.07, 6.45) is 1.42. The van der Waals surface area contributed by atoms with Crippen molar-refractivity contribution < 1.29 is 28.6 Å². The molecule has 0 saturated heterocycles. The molecule has 7 nitrogen and oxygen atoms in total. The second-order valence-corrected chi connectivity index (χ2v) is 7.99. The molecule has 0 bridgehead atoms. The van der Waals surface area contributed by atoms with Crippen LogP contribution in [0.4, 0.5) is 0 Å². The number of benzene rings is 2. The molecule has 1 amide bonds. The van der Waals surface area contributed by atoms with E-state index < -0.39 is 23.5 Å². The Morgan fingerprint density at radius 3 is 2.48 bits per heavy atom. The number of amides is 1. The van der Waals surface area contributed by atoms with Gasteiger partial charge in [-0.3, -0.25) is 9.59 Å². The molecule has 170 valence electrons. The van der Waals surface area contributed by atoms with Gasteiger partial charge in [0.1, 0.15) is 11.5 Å². The quantitative estimate of drug-likeness (QED) is 0.497. The van der Waals surface area contributed by atoms with E-state index in [1.54, 1.807) is 37.4 Å². The van der Waals surface area contributed by atoms with Gasteiger partial charge in [-0.15, -0.1) is 0 Å². The van der Waals surface area contributed by atoms with Gasteiger partial charge >= 0.3 is 0 Å². The summed E-state index contributed by atoms with van der Waals surface area (Å²) in [4.78, 5) is 27.8. The van der Waals surface area contributed by atoms with E-state index in [-0.39, 0.29) is 24.0 Å². The Labute approximate surface area is 191 Å². The Morgan fingerprint density at radius 1 is 1.09 bits per heavy atom. The Balaban J connectivity index is 1.72. The number of carbonyl (C=O) groups excluding carboxylic acids is 2. The minimum absolute atomic E-state index is 0.0250. The Hall–Kier alpha value is -4.00. The van der Waals surface area contributed by atoms with E-state index in [2.05, 4.69) is 0 Å². The highest BCUT2D eigenvalue weighted by molar-refractivity contribution is 6.15. The molecule has 0 fully saturated rings. The van der Waals surface area contributed by atoms with E-state index in [0.717, 1.165) is 11.3 Å². The van der Waals surface area contributed by atoms with Crippen LogP contribution in [-0.2, 0) is 11.3 Å². The first-order valence-corrected chi connectivity index (χ1v) is 10.6. The monoisotopic (exact) mass is 447 g/mol. The van der Waals surface area contributed by atoms with E-state index >= 15 is 0 Å². The van der Waals surface area contributed by atoms with Crippen LogP contribution in [0.5, 0.6) is 11.5 Å². The van der Waals surface area contributed by atoms with Crippen molar-refractivity contribution in [2.24, 2.45) is 0 Å². The fourth-order valence-electron chi connectivity index (χ4n) is 3.89. The largest absolute Gasteiger partial charge is 0.503 e. The SMILES string of the molecule is COc1cccc(C2C(C(=O)c3ccco3)=C(O)C(=O)N2Cc2ccc(OC(C)C)cc2)c1. The van der Waals surface area contributed by atoms with E-state index in [4.69, 9.17) is 13.9 Å². The highest BCUT2D eigenvalue weighted by Gasteiger charge is 2.44. The van der Waals surface area contributed by atoms with Crippen molar-refractivity contribution >= 4 is 11.7 Å². The maximum Gasteiger partial charge on any atom is 0.290 e. The first-order valence-electron chi connectivity index (χ1n) is 10.6. The van der Waals surface area contributed by atoms with E-state index in [0.29, 0.717) is 11.3 Å². The van der Waals surface area contributed by atoms with Gasteiger partial charge < -0.3 is 23.9 Å². The molecule has 7 heteroatoms. The molecule has 0 saturated carbocycles. The highest BCUT2D eigenvalue weighted by atomic mass is 16.5. The molecule has 33 heavy (non-hydrogen) atoms. The lowest BCUT2D eigenvalue weighted by Gasteiger charge is -2.27. The van der Waals surface area contributed by atoms with E-state index in [1.165, 1.54) is 17.2 Å². The Kier molecular flexibility index (Phi) is 6.22. The lowest BCUT2D eigenvalue weighted by Crippen LogP contribution is -2.30. The van der Waals surface area contributed by atoms with Crippen molar-refractivity contribution in [3.05, 3.63) is 95.1 Å². The van der Waals surface area contributed by atoms with Gasteiger partial charge in [-0.05, 0) is 61.4 Å². The van der Waals surface area contributed by atoms with Gasteiger partial charge in [0.15, 0.2) is 11.5 Å². The van der Waals surface area contributed by atoms with Crippen LogP contribution < -0.4 is 9.47 Å². The number of hydrogen-bond acceptors (Lipinski definition) is 6. The maximum absolute atomic E-state index is 13.2. The smallest absolute Gasteiger partial charge is 0.290 e. The van der Waals surface area contributed by atoms with Crippen LogP contribution in [0.1, 0.15) is 41.6 Å². The second kappa shape index (κ2) is 9.24. The standard InChI is InChI=1S/C26H25NO6/c1-16(2)33-19-11-9-17(10-12-19)15-27-23(18-6-4-7-20(14-18)31-3)22(25(29)26(27)30)24(28)21-8-5-13-32-21/h4-14,16,23,29H,15H2,1-3H3. The molecule has 1 N–H and O–H groups in total. The number of methoxy groups -OCH3 is 1. The molecule has 2 aromatic carbocycles. The van der Waals surface area contributed by atoms with E-state index in [1.807, 2.05) is 38.1 Å². The first-order chi connectivity index (χ1) is 15.9. The van der Waals surface area contributed by atoms with Crippen LogP contribution in [-0.4, -0.2) is 34.9 Å². The summed E-state index contributed by atoms with van der Waals surface area (Å²) in [6.45, 7) is 4.07. The zero-order chi connectivity index (χ0) is 23.5. The average Bonchev–Trinajstić information content (AvgIpc) is 3.43. The summed E-state index contributed by atoms with van der Waals surface area (Å²) >= 11 is 0. The number of nitrogens with zero attached hydrogens (tertiary/aromatic N) is 1. The molecular weight excluding hydrogens is 422 g/mol. The number of aliphatic hydroxyl groups is 1. The minimum atomic E-state index is -0.809. The molecule has 1 aliphatic rings. The second-order valence-electron chi connectivity index (χ2n) is 7.99. The van der Waals surface area contributed by atoms with Gasteiger partial charge in [0.2, 0.25) is 5.78 Å². The van der Waals surface area contributed by atoms with Gasteiger partial charge in [0.25, 0.3) is 5.91 Å². The highest BCUT2D eigenvalue weighted by Crippen LogP contribution is 2.40. The third-order valence-electron chi connectivity index (χ3n) is 5.35. The van der Waals surface area contributed by atoms with Gasteiger partial charge in [-0.2, -0.15) is 0 Å². The van der Waals surface area contributed by atoms with Crippen LogP contribution in [0.3, 0.4) is 0 Å². The van der Waals surface area contributed by atoms with Crippen molar-refractivity contribution in [2.75, 3.05) is 7.11 Å². The van der Waals surface area contributed by atoms with Gasteiger partial charge in [0.05, 0.1) is 31.1 Å². The normalized spacial score (nSPS) is 15.9. The molecule has 1 aliphatic heterocycles. The Bertz CT molecular complexity index is 1180. The van der Waals surface area contributed by atoms with Crippen molar-refractivity contribution in [2.45, 2.75) is 32.5 Å². The molecule has 0 radical (unpaired) electrons. The number of Topliss-reactive ketones (excluding diaryl/α,β-unsaturated/α-hetero) is 1. The summed E-state index contributed by atoms with van der Waals surface area (Å²) in [5.74, 6) is -0.396.